The van der Waals surface area contributed by atoms with Gasteiger partial charge in [-0.2, -0.15) is 10.5 Å². The van der Waals surface area contributed by atoms with Crippen molar-refractivity contribution >= 4 is 117 Å². The Morgan fingerprint density at radius 3 is 1.54 bits per heavy atom. The molecule has 0 saturated heterocycles. The number of nitrogen functional groups attached to an aromatic ring is 2. The summed E-state index contributed by atoms with van der Waals surface area (Å²) >= 11 is 12.9. The summed E-state index contributed by atoms with van der Waals surface area (Å²) in [6, 6.07) is 10.6. The summed E-state index contributed by atoms with van der Waals surface area (Å²) in [7, 11) is 7.36. The third kappa shape index (κ3) is 17.9. The second-order valence-electron chi connectivity index (χ2n) is 8.62. The number of carboxylic acid groups (broad SMARTS) is 1. The number of nitrogens with zero attached hydrogens (tertiary/aromatic N) is 2. The first-order chi connectivity index (χ1) is 17.6. The molecule has 0 aromatic heterocycles. The van der Waals surface area contributed by atoms with E-state index in [2.05, 4.69) is 91.2 Å². The Morgan fingerprint density at radius 1 is 0.897 bits per heavy atom. The number of ketones is 1. The van der Waals surface area contributed by atoms with Crippen LogP contribution in [0.2, 0.25) is 0 Å². The average Bonchev–Trinajstić information content (AvgIpc) is 2.78. The van der Waals surface area contributed by atoms with Gasteiger partial charge >= 0.3 is 5.97 Å². The lowest BCUT2D eigenvalue weighted by Gasteiger charge is -2.15. The van der Waals surface area contributed by atoms with Gasteiger partial charge in [-0.15, -0.1) is 0 Å². The van der Waals surface area contributed by atoms with Gasteiger partial charge in [0.25, 0.3) is 0 Å². The van der Waals surface area contributed by atoms with E-state index in [0.29, 0.717) is 24.7 Å². The molecular formula is C23H25Br4Cl2N5O4S. The van der Waals surface area contributed by atoms with E-state index < -0.39 is 26.1 Å². The highest BCUT2D eigenvalue weighted by molar-refractivity contribution is 9.11. The molecule has 0 radical (unpaired) electrons. The van der Waals surface area contributed by atoms with Crippen LogP contribution < -0.4 is 17.2 Å². The molecule has 214 valence electrons. The van der Waals surface area contributed by atoms with Crippen molar-refractivity contribution < 1.29 is 18.9 Å². The van der Waals surface area contributed by atoms with Gasteiger partial charge in [-0.05, 0) is 83.8 Å². The number of hydrogen-bond acceptors (Lipinski definition) is 8. The standard InChI is InChI=1S/C12H12Br2N2O.C7H5Br2NO2.C4H8N2.Cl2OS/c1-12(2,6-15)5-10(17)8-3-7(13)4-9(14)11(8)16;8-3-1-4(7(11)12)6(10)5(9)2-3;1-4(2,6)3-5;1-4(2)3/h3-4H,5,16H2,1-2H3;1-2H,10H2,(H,11,12);6H2,1-2H3;. The van der Waals surface area contributed by atoms with Gasteiger partial charge in [-0.1, -0.05) is 31.9 Å². The van der Waals surface area contributed by atoms with Crippen LogP contribution in [0.25, 0.3) is 0 Å². The summed E-state index contributed by atoms with van der Waals surface area (Å²) in [4.78, 5) is 22.7. The molecule has 2 rings (SSSR count). The predicted octanol–water partition coefficient (Wildman–Crippen LogP) is 7.70. The van der Waals surface area contributed by atoms with Crippen molar-refractivity contribution in [3.8, 4) is 12.1 Å². The molecule has 7 N–H and O–H groups in total. The molecule has 0 unspecified atom stereocenters. The maximum atomic E-state index is 12.1. The number of hydrogen-bond donors (Lipinski definition) is 4. The molecule has 0 aliphatic heterocycles. The Morgan fingerprint density at radius 2 is 1.23 bits per heavy atom. The topological polar surface area (TPSA) is 197 Å². The summed E-state index contributed by atoms with van der Waals surface area (Å²) in [5.41, 5.74) is 16.4. The smallest absolute Gasteiger partial charge is 0.337 e. The maximum Gasteiger partial charge on any atom is 0.337 e. The molecule has 9 nitrogen and oxygen atoms in total. The van der Waals surface area contributed by atoms with Crippen LogP contribution in [0.5, 0.6) is 0 Å². The summed E-state index contributed by atoms with van der Waals surface area (Å²) < 4.78 is 11.8. The number of halogens is 6. The zero-order chi connectivity index (χ0) is 31.3. The predicted molar refractivity (Wildman–Crippen MR) is 172 cm³/mol. The summed E-state index contributed by atoms with van der Waals surface area (Å²) in [5.74, 6) is -1.16. The Bertz CT molecular complexity index is 1290. The van der Waals surface area contributed by atoms with Crippen molar-refractivity contribution in [2.75, 3.05) is 11.5 Å². The van der Waals surface area contributed by atoms with Gasteiger partial charge in [-0.3, -0.25) is 4.79 Å². The van der Waals surface area contributed by atoms with Gasteiger partial charge in [0.1, 0.15) is 0 Å². The fourth-order valence-corrected chi connectivity index (χ4v) is 4.56. The molecule has 2 aromatic carbocycles. The molecule has 2 aromatic rings. The Kier molecular flexibility index (Phi) is 18.7. The first kappa shape index (κ1) is 39.9. The summed E-state index contributed by atoms with van der Waals surface area (Å²) in [6.45, 7) is 6.78. The molecule has 0 heterocycles. The fourth-order valence-electron chi connectivity index (χ4n) is 2.11. The van der Waals surface area contributed by atoms with Crippen LogP contribution in [0, 0.1) is 28.1 Å². The maximum absolute atomic E-state index is 12.1. The highest BCUT2D eigenvalue weighted by Crippen LogP contribution is 2.31. The van der Waals surface area contributed by atoms with E-state index >= 15 is 0 Å². The van der Waals surface area contributed by atoms with Crippen molar-refractivity contribution in [2.45, 2.75) is 39.7 Å². The Hall–Kier alpha value is -1.23. The van der Waals surface area contributed by atoms with E-state index in [1.165, 1.54) is 6.07 Å². The molecule has 0 bridgehead atoms. The minimum Gasteiger partial charge on any atom is -0.478 e. The molecule has 0 fully saturated rings. The van der Waals surface area contributed by atoms with Gasteiger partial charge in [0.2, 0.25) is 9.23 Å². The van der Waals surface area contributed by atoms with E-state index in [-0.39, 0.29) is 23.5 Å². The molecule has 39 heavy (non-hydrogen) atoms. The number of Topliss-reactive ketones (excluding diaryl/α,β-unsaturated/α-hetero) is 1. The number of carbonyl (C=O) groups is 2. The second-order valence-corrected chi connectivity index (χ2v) is 14.7. The van der Waals surface area contributed by atoms with Crippen LogP contribution in [-0.2, 0) is 9.23 Å². The fraction of sp³-hybridized carbons (Fsp3) is 0.304. The first-order valence-electron chi connectivity index (χ1n) is 10.2. The lowest BCUT2D eigenvalue weighted by Crippen LogP contribution is -2.28. The van der Waals surface area contributed by atoms with E-state index in [1.54, 1.807) is 45.9 Å². The Balaban J connectivity index is 0. The summed E-state index contributed by atoms with van der Waals surface area (Å²) in [6.07, 6.45) is 0.149. The molecule has 0 spiro atoms. The van der Waals surface area contributed by atoms with Crippen LogP contribution in [0.15, 0.2) is 42.2 Å². The number of carbonyl (C=O) groups excluding carboxylic acids is 1. The van der Waals surface area contributed by atoms with Crippen molar-refractivity contribution in [3.63, 3.8) is 0 Å². The first-order valence-corrected chi connectivity index (χ1v) is 16.2. The molecule has 0 aliphatic rings. The molecular weight excluding hydrogens is 833 g/mol. The van der Waals surface area contributed by atoms with Crippen molar-refractivity contribution in [1.82, 2.24) is 0 Å². The van der Waals surface area contributed by atoms with Crippen LogP contribution in [0.4, 0.5) is 11.4 Å². The number of rotatable bonds is 4. The van der Waals surface area contributed by atoms with Crippen LogP contribution in [-0.4, -0.2) is 26.6 Å². The molecule has 0 saturated carbocycles. The molecule has 16 heteroatoms. The largest absolute Gasteiger partial charge is 0.478 e. The normalized spacial score (nSPS) is 10.3. The number of benzene rings is 2. The lowest BCUT2D eigenvalue weighted by molar-refractivity contribution is 0.0697. The average molecular weight is 858 g/mol. The second kappa shape index (κ2) is 18.3. The minimum absolute atomic E-state index is 0.0938. The van der Waals surface area contributed by atoms with Crippen LogP contribution in [0.1, 0.15) is 54.8 Å². The number of nitriles is 2. The van der Waals surface area contributed by atoms with Gasteiger partial charge < -0.3 is 22.3 Å². The van der Waals surface area contributed by atoms with E-state index in [1.807, 2.05) is 6.07 Å². The van der Waals surface area contributed by atoms with Crippen molar-refractivity contribution in [3.05, 3.63) is 53.3 Å². The summed E-state index contributed by atoms with van der Waals surface area (Å²) in [5, 5.41) is 25.6. The number of carboxylic acids is 1. The van der Waals surface area contributed by atoms with Crippen LogP contribution >= 0.6 is 85.1 Å². The van der Waals surface area contributed by atoms with Gasteiger partial charge in [0, 0.05) is 51.2 Å². The molecule has 0 amide bonds. The minimum atomic E-state index is -1.67. The number of aromatic carboxylic acids is 1. The highest BCUT2D eigenvalue weighted by atomic mass is 79.9. The number of nitrogens with two attached hydrogens (primary N) is 3. The van der Waals surface area contributed by atoms with E-state index in [9.17, 15) is 9.59 Å². The SMILES string of the molecule is CC(C)(C#N)CC(=O)c1cc(Br)cc(Br)c1N.CC(C)(N)C#N.Nc1c(Br)cc(Br)cc1C(=O)O.O=S(Cl)Cl. The Labute approximate surface area is 272 Å². The van der Waals surface area contributed by atoms with E-state index in [4.69, 9.17) is 37.0 Å². The van der Waals surface area contributed by atoms with Gasteiger partial charge in [0.05, 0.1) is 40.0 Å². The molecule has 0 atom stereocenters. The van der Waals surface area contributed by atoms with Crippen molar-refractivity contribution in [1.29, 1.82) is 10.5 Å². The molecule has 0 aliphatic carbocycles. The lowest BCUT2D eigenvalue weighted by atomic mass is 9.87. The third-order valence-electron chi connectivity index (χ3n) is 3.91. The van der Waals surface area contributed by atoms with Crippen LogP contribution in [0.3, 0.4) is 0 Å². The van der Waals surface area contributed by atoms with Crippen molar-refractivity contribution in [2.24, 2.45) is 11.1 Å². The number of anilines is 2. The van der Waals surface area contributed by atoms with Gasteiger partial charge in [-0.25, -0.2) is 9.00 Å². The zero-order valence-corrected chi connectivity index (χ0v) is 29.7. The monoisotopic (exact) mass is 853 g/mol. The zero-order valence-electron chi connectivity index (χ0n) is 21.0. The quantitative estimate of drug-likeness (QED) is 0.135. The third-order valence-corrected chi connectivity index (χ3v) is 6.14. The van der Waals surface area contributed by atoms with Gasteiger partial charge in [0.15, 0.2) is 5.78 Å². The van der Waals surface area contributed by atoms with E-state index in [0.717, 1.165) is 4.47 Å². The highest BCUT2D eigenvalue weighted by Gasteiger charge is 2.24.